The maximum absolute atomic E-state index is 13.0. The van der Waals surface area contributed by atoms with Gasteiger partial charge in [-0.3, -0.25) is 4.79 Å². The summed E-state index contributed by atoms with van der Waals surface area (Å²) in [5.74, 6) is -0.837. The summed E-state index contributed by atoms with van der Waals surface area (Å²) in [6, 6.07) is 3.12. The molecule has 0 N–H and O–H groups in total. The van der Waals surface area contributed by atoms with Crippen molar-refractivity contribution in [2.45, 2.75) is 12.8 Å². The number of aryl methyl sites for hydroxylation is 1. The molecule has 0 fully saturated rings. The van der Waals surface area contributed by atoms with Gasteiger partial charge in [0.25, 0.3) is 0 Å². The SMILES string of the molecule is Cn1ccnc1CC(=O)Cc1cc(F)cc(F)c1. The van der Waals surface area contributed by atoms with Crippen LogP contribution in [0.25, 0.3) is 0 Å². The minimum Gasteiger partial charge on any atom is -0.338 e. The number of imidazole rings is 1. The Labute approximate surface area is 103 Å². The Bertz CT molecular complexity index is 558. The smallest absolute Gasteiger partial charge is 0.144 e. The highest BCUT2D eigenvalue weighted by atomic mass is 19.1. The topological polar surface area (TPSA) is 34.9 Å². The van der Waals surface area contributed by atoms with Crippen molar-refractivity contribution in [1.29, 1.82) is 0 Å². The van der Waals surface area contributed by atoms with Crippen molar-refractivity contribution in [3.8, 4) is 0 Å². The van der Waals surface area contributed by atoms with E-state index >= 15 is 0 Å². The van der Waals surface area contributed by atoms with Crippen molar-refractivity contribution < 1.29 is 13.6 Å². The Balaban J connectivity index is 2.05. The number of halogens is 2. The quantitative estimate of drug-likeness (QED) is 0.832. The molecule has 0 unspecified atom stereocenters. The largest absolute Gasteiger partial charge is 0.338 e. The van der Waals surface area contributed by atoms with Crippen LogP contribution in [0.5, 0.6) is 0 Å². The first-order chi connectivity index (χ1) is 8.54. The summed E-state index contributed by atoms with van der Waals surface area (Å²) >= 11 is 0. The summed E-state index contributed by atoms with van der Waals surface area (Å²) in [4.78, 5) is 15.8. The Morgan fingerprint density at radius 2 is 1.89 bits per heavy atom. The second-order valence-corrected chi connectivity index (χ2v) is 4.12. The van der Waals surface area contributed by atoms with E-state index < -0.39 is 11.6 Å². The zero-order chi connectivity index (χ0) is 13.1. The van der Waals surface area contributed by atoms with Gasteiger partial charge in [0.05, 0.1) is 6.42 Å². The van der Waals surface area contributed by atoms with Crippen molar-refractivity contribution in [1.82, 2.24) is 9.55 Å². The van der Waals surface area contributed by atoms with Gasteiger partial charge in [-0.15, -0.1) is 0 Å². The van der Waals surface area contributed by atoms with E-state index in [2.05, 4.69) is 4.98 Å². The molecule has 0 radical (unpaired) electrons. The van der Waals surface area contributed by atoms with Crippen molar-refractivity contribution in [2.24, 2.45) is 7.05 Å². The van der Waals surface area contributed by atoms with Gasteiger partial charge >= 0.3 is 0 Å². The average molecular weight is 250 g/mol. The minimum absolute atomic E-state index is 0.00153. The molecule has 0 aliphatic heterocycles. The van der Waals surface area contributed by atoms with Crippen LogP contribution >= 0.6 is 0 Å². The fourth-order valence-electron chi connectivity index (χ4n) is 1.75. The molecule has 0 saturated carbocycles. The zero-order valence-corrected chi connectivity index (χ0v) is 9.86. The van der Waals surface area contributed by atoms with E-state index in [4.69, 9.17) is 0 Å². The van der Waals surface area contributed by atoms with Crippen molar-refractivity contribution in [3.05, 3.63) is 53.6 Å². The van der Waals surface area contributed by atoms with Gasteiger partial charge in [-0.25, -0.2) is 13.8 Å². The standard InChI is InChI=1S/C13H12F2N2O/c1-17-3-2-16-13(17)8-12(18)6-9-4-10(14)7-11(15)5-9/h2-5,7H,6,8H2,1H3. The molecule has 2 aromatic rings. The van der Waals surface area contributed by atoms with Gasteiger partial charge in [-0.1, -0.05) is 0 Å². The molecule has 0 aliphatic carbocycles. The normalized spacial score (nSPS) is 10.6. The number of carbonyl (C=O) groups is 1. The third-order valence-electron chi connectivity index (χ3n) is 2.60. The predicted molar refractivity (Wildman–Crippen MR) is 62.0 cm³/mol. The van der Waals surface area contributed by atoms with Crippen molar-refractivity contribution in [3.63, 3.8) is 0 Å². The van der Waals surface area contributed by atoms with Crippen molar-refractivity contribution in [2.75, 3.05) is 0 Å². The third kappa shape index (κ3) is 3.00. The maximum atomic E-state index is 13.0. The number of nitrogens with zero attached hydrogens (tertiary/aromatic N) is 2. The first-order valence-corrected chi connectivity index (χ1v) is 5.47. The molecule has 94 valence electrons. The highest BCUT2D eigenvalue weighted by Gasteiger charge is 2.10. The number of aromatic nitrogens is 2. The number of rotatable bonds is 4. The second kappa shape index (κ2) is 5.08. The van der Waals surface area contributed by atoms with Crippen LogP contribution in [0.3, 0.4) is 0 Å². The van der Waals surface area contributed by atoms with E-state index in [0.717, 1.165) is 6.07 Å². The monoisotopic (exact) mass is 250 g/mol. The second-order valence-electron chi connectivity index (χ2n) is 4.12. The van der Waals surface area contributed by atoms with Gasteiger partial charge < -0.3 is 4.57 Å². The summed E-state index contributed by atoms with van der Waals surface area (Å²) in [5.41, 5.74) is 0.340. The van der Waals surface area contributed by atoms with Crippen LogP contribution in [-0.4, -0.2) is 15.3 Å². The molecular weight excluding hydrogens is 238 g/mol. The van der Waals surface area contributed by atoms with E-state index in [0.29, 0.717) is 11.4 Å². The fourth-order valence-corrected chi connectivity index (χ4v) is 1.75. The summed E-state index contributed by atoms with van der Waals surface area (Å²) in [6.45, 7) is 0. The van der Waals surface area contributed by atoms with Gasteiger partial charge in [0.2, 0.25) is 0 Å². The van der Waals surface area contributed by atoms with E-state index in [1.54, 1.807) is 24.0 Å². The average Bonchev–Trinajstić information content (AvgIpc) is 2.62. The first-order valence-electron chi connectivity index (χ1n) is 5.47. The van der Waals surface area contributed by atoms with Crippen LogP contribution < -0.4 is 0 Å². The summed E-state index contributed by atoms with van der Waals surface area (Å²) < 4.78 is 27.6. The molecule has 2 rings (SSSR count). The Morgan fingerprint density at radius 1 is 1.22 bits per heavy atom. The van der Waals surface area contributed by atoms with Gasteiger partial charge in [0.15, 0.2) is 0 Å². The van der Waals surface area contributed by atoms with E-state index in [-0.39, 0.29) is 18.6 Å². The van der Waals surface area contributed by atoms with Crippen LogP contribution in [0.4, 0.5) is 8.78 Å². The number of benzene rings is 1. The predicted octanol–water partition coefficient (Wildman–Crippen LogP) is 2.05. The van der Waals surface area contributed by atoms with Crippen LogP contribution in [0.15, 0.2) is 30.6 Å². The number of Topliss-reactive ketones (excluding diaryl/α,β-unsaturated/α-hetero) is 1. The lowest BCUT2D eigenvalue weighted by atomic mass is 10.1. The molecule has 0 atom stereocenters. The fraction of sp³-hybridized carbons (Fsp3) is 0.231. The van der Waals surface area contributed by atoms with E-state index in [1.165, 1.54) is 12.1 Å². The Morgan fingerprint density at radius 3 is 2.44 bits per heavy atom. The van der Waals surface area contributed by atoms with E-state index in [9.17, 15) is 13.6 Å². The molecule has 1 aromatic carbocycles. The van der Waals surface area contributed by atoms with Gasteiger partial charge in [-0.05, 0) is 17.7 Å². The molecule has 1 heterocycles. The van der Waals surface area contributed by atoms with Crippen LogP contribution in [0.1, 0.15) is 11.4 Å². The van der Waals surface area contributed by atoms with Crippen molar-refractivity contribution >= 4 is 5.78 Å². The summed E-state index contributed by atoms with van der Waals surface area (Å²) in [7, 11) is 1.79. The molecule has 0 bridgehead atoms. The van der Waals surface area contributed by atoms with Gasteiger partial charge in [-0.2, -0.15) is 0 Å². The third-order valence-corrected chi connectivity index (χ3v) is 2.60. The number of carbonyl (C=O) groups excluding carboxylic acids is 1. The lowest BCUT2D eigenvalue weighted by Crippen LogP contribution is -2.10. The Kier molecular flexibility index (Phi) is 3.50. The van der Waals surface area contributed by atoms with Crippen LogP contribution in [-0.2, 0) is 24.7 Å². The zero-order valence-electron chi connectivity index (χ0n) is 9.86. The lowest BCUT2D eigenvalue weighted by Gasteiger charge is -2.03. The summed E-state index contributed by atoms with van der Waals surface area (Å²) in [6.07, 6.45) is 3.50. The van der Waals surface area contributed by atoms with Gasteiger partial charge in [0.1, 0.15) is 23.2 Å². The lowest BCUT2D eigenvalue weighted by molar-refractivity contribution is -0.117. The highest BCUT2D eigenvalue weighted by molar-refractivity contribution is 5.82. The molecule has 0 saturated heterocycles. The van der Waals surface area contributed by atoms with E-state index in [1.807, 2.05) is 0 Å². The number of ketones is 1. The molecule has 18 heavy (non-hydrogen) atoms. The summed E-state index contributed by atoms with van der Waals surface area (Å²) in [5, 5.41) is 0. The first kappa shape index (κ1) is 12.4. The molecule has 3 nitrogen and oxygen atoms in total. The molecule has 0 spiro atoms. The number of hydrogen-bond donors (Lipinski definition) is 0. The van der Waals surface area contributed by atoms with Crippen LogP contribution in [0, 0.1) is 11.6 Å². The van der Waals surface area contributed by atoms with Gasteiger partial charge in [0, 0.05) is 31.9 Å². The molecule has 0 amide bonds. The Hall–Kier alpha value is -2.04. The minimum atomic E-state index is -0.671. The molecular formula is C13H12F2N2O. The number of hydrogen-bond acceptors (Lipinski definition) is 2. The van der Waals surface area contributed by atoms with Crippen LogP contribution in [0.2, 0.25) is 0 Å². The molecule has 1 aromatic heterocycles. The maximum Gasteiger partial charge on any atom is 0.144 e. The molecule has 0 aliphatic rings. The highest BCUT2D eigenvalue weighted by Crippen LogP contribution is 2.10. The molecule has 5 heteroatoms.